The van der Waals surface area contributed by atoms with E-state index in [4.69, 9.17) is 0 Å². The number of carbonyl (C=O) groups is 1. The summed E-state index contributed by atoms with van der Waals surface area (Å²) in [5.74, 6) is -0.300. The molecule has 0 unspecified atom stereocenters. The summed E-state index contributed by atoms with van der Waals surface area (Å²) in [6.07, 6.45) is 6.19. The summed E-state index contributed by atoms with van der Waals surface area (Å²) < 4.78 is 17.2. The van der Waals surface area contributed by atoms with E-state index >= 15 is 0 Å². The van der Waals surface area contributed by atoms with Crippen LogP contribution in [0.4, 0.5) is 14.9 Å². The zero-order chi connectivity index (χ0) is 21.8. The molecule has 0 aliphatic carbocycles. The third-order valence-corrected chi connectivity index (χ3v) is 5.32. The van der Waals surface area contributed by atoms with Gasteiger partial charge in [-0.1, -0.05) is 12.1 Å². The number of aryl methyl sites for hydroxylation is 3. The van der Waals surface area contributed by atoms with Crippen molar-refractivity contribution < 1.29 is 9.18 Å². The molecule has 0 saturated carbocycles. The molecule has 4 rings (SSSR count). The Balaban J connectivity index is 1.50. The quantitative estimate of drug-likeness (QED) is 0.459. The molecular formula is C23H25FN6O. The third-order valence-electron chi connectivity index (χ3n) is 5.32. The molecule has 2 aromatic heterocycles. The zero-order valence-corrected chi connectivity index (χ0v) is 17.6. The fourth-order valence-electron chi connectivity index (χ4n) is 3.51. The lowest BCUT2D eigenvalue weighted by atomic mass is 10.1. The third kappa shape index (κ3) is 4.74. The van der Waals surface area contributed by atoms with Gasteiger partial charge in [0, 0.05) is 43.1 Å². The van der Waals surface area contributed by atoms with Crippen molar-refractivity contribution in [2.75, 3.05) is 11.4 Å². The van der Waals surface area contributed by atoms with E-state index in [1.807, 2.05) is 38.4 Å². The average Bonchev–Trinajstić information content (AvgIpc) is 3.35. The van der Waals surface area contributed by atoms with Crippen LogP contribution in [-0.2, 0) is 20.1 Å². The summed E-state index contributed by atoms with van der Waals surface area (Å²) >= 11 is 0. The van der Waals surface area contributed by atoms with Crippen molar-refractivity contribution in [2.45, 2.75) is 26.4 Å². The molecule has 2 amide bonds. The molecule has 31 heavy (non-hydrogen) atoms. The number of benzene rings is 2. The Labute approximate surface area is 180 Å². The van der Waals surface area contributed by atoms with Gasteiger partial charge in [0.25, 0.3) is 0 Å². The second-order valence-electron chi connectivity index (χ2n) is 7.54. The summed E-state index contributed by atoms with van der Waals surface area (Å²) in [6, 6.07) is 11.8. The van der Waals surface area contributed by atoms with Crippen molar-refractivity contribution in [3.05, 3.63) is 78.3 Å². The minimum absolute atomic E-state index is 0.201. The van der Waals surface area contributed by atoms with Crippen molar-refractivity contribution in [1.82, 2.24) is 24.6 Å². The van der Waals surface area contributed by atoms with Crippen LogP contribution in [0.2, 0.25) is 0 Å². The first-order chi connectivity index (χ1) is 15.0. The van der Waals surface area contributed by atoms with Crippen LogP contribution >= 0.6 is 0 Å². The molecule has 2 heterocycles. The topological polar surface area (TPSA) is 68.0 Å². The van der Waals surface area contributed by atoms with Gasteiger partial charge in [0.15, 0.2) is 0 Å². The van der Waals surface area contributed by atoms with Crippen molar-refractivity contribution in [3.63, 3.8) is 0 Å². The van der Waals surface area contributed by atoms with Gasteiger partial charge in [0.05, 0.1) is 24.6 Å². The lowest BCUT2D eigenvalue weighted by molar-refractivity contribution is 0.245. The molecule has 0 bridgehead atoms. The zero-order valence-electron chi connectivity index (χ0n) is 17.6. The van der Waals surface area contributed by atoms with Gasteiger partial charge in [-0.3, -0.25) is 9.58 Å². The maximum absolute atomic E-state index is 13.3. The number of amides is 2. The number of carbonyl (C=O) groups excluding carboxylic acids is 1. The number of halogens is 1. The molecule has 160 valence electrons. The normalized spacial score (nSPS) is 11.1. The van der Waals surface area contributed by atoms with Crippen LogP contribution < -0.4 is 10.2 Å². The molecule has 2 aromatic carbocycles. The van der Waals surface area contributed by atoms with E-state index in [9.17, 15) is 9.18 Å². The minimum Gasteiger partial charge on any atom is -0.338 e. The highest BCUT2D eigenvalue weighted by atomic mass is 19.1. The van der Waals surface area contributed by atoms with E-state index in [0.29, 0.717) is 13.1 Å². The van der Waals surface area contributed by atoms with Gasteiger partial charge in [-0.2, -0.15) is 5.10 Å². The van der Waals surface area contributed by atoms with Crippen molar-refractivity contribution in [1.29, 1.82) is 0 Å². The Morgan fingerprint density at radius 3 is 2.71 bits per heavy atom. The largest absolute Gasteiger partial charge is 0.338 e. The second kappa shape index (κ2) is 8.99. The van der Waals surface area contributed by atoms with Gasteiger partial charge in [-0.15, -0.1) is 0 Å². The summed E-state index contributed by atoms with van der Waals surface area (Å²) in [5, 5.41) is 8.29. The van der Waals surface area contributed by atoms with Crippen LogP contribution in [-0.4, -0.2) is 31.9 Å². The molecule has 0 atom stereocenters. The first-order valence-corrected chi connectivity index (χ1v) is 10.2. The standard InChI is InChI=1S/C23H25FN6O/c1-17-13-25-16-29(17)11-3-10-26-23(31)30(15-18-4-7-20(24)8-5-18)21-9-6-19-14-27-28(2)22(19)12-21/h4-9,12-14,16H,3,10-11,15H2,1-2H3,(H,26,31). The average molecular weight is 420 g/mol. The molecule has 7 nitrogen and oxygen atoms in total. The molecular weight excluding hydrogens is 395 g/mol. The summed E-state index contributed by atoms with van der Waals surface area (Å²) in [4.78, 5) is 18.9. The highest BCUT2D eigenvalue weighted by molar-refractivity contribution is 5.94. The number of imidazole rings is 1. The van der Waals surface area contributed by atoms with E-state index in [1.54, 1.807) is 34.2 Å². The second-order valence-corrected chi connectivity index (χ2v) is 7.54. The van der Waals surface area contributed by atoms with Crippen LogP contribution in [0.25, 0.3) is 10.9 Å². The summed E-state index contributed by atoms with van der Waals surface area (Å²) in [6.45, 7) is 3.65. The molecule has 0 fully saturated rings. The predicted octanol–water partition coefficient (Wildman–Crippen LogP) is 4.02. The van der Waals surface area contributed by atoms with Crippen LogP contribution in [0.3, 0.4) is 0 Å². The number of hydrogen-bond acceptors (Lipinski definition) is 3. The van der Waals surface area contributed by atoms with E-state index in [1.165, 1.54) is 12.1 Å². The van der Waals surface area contributed by atoms with Gasteiger partial charge in [0.1, 0.15) is 5.82 Å². The fraction of sp³-hybridized carbons (Fsp3) is 0.261. The summed E-state index contributed by atoms with van der Waals surface area (Å²) in [7, 11) is 1.87. The number of nitrogens with zero attached hydrogens (tertiary/aromatic N) is 5. The van der Waals surface area contributed by atoms with Crippen LogP contribution in [0.5, 0.6) is 0 Å². The van der Waals surface area contributed by atoms with Crippen LogP contribution in [0.15, 0.2) is 61.2 Å². The van der Waals surface area contributed by atoms with Crippen molar-refractivity contribution in [2.24, 2.45) is 7.05 Å². The maximum atomic E-state index is 13.3. The van der Waals surface area contributed by atoms with Gasteiger partial charge in [-0.25, -0.2) is 14.2 Å². The Morgan fingerprint density at radius 2 is 1.97 bits per heavy atom. The molecule has 0 saturated heterocycles. The molecule has 0 aliphatic rings. The van der Waals surface area contributed by atoms with Gasteiger partial charge >= 0.3 is 6.03 Å². The number of rotatable bonds is 7. The Morgan fingerprint density at radius 1 is 1.16 bits per heavy atom. The van der Waals surface area contributed by atoms with Crippen molar-refractivity contribution >= 4 is 22.6 Å². The first-order valence-electron chi connectivity index (χ1n) is 10.2. The monoisotopic (exact) mass is 420 g/mol. The molecule has 0 aliphatic heterocycles. The molecule has 0 spiro atoms. The van der Waals surface area contributed by atoms with E-state index in [0.717, 1.165) is 40.8 Å². The summed E-state index contributed by atoms with van der Waals surface area (Å²) in [5.41, 5.74) is 3.62. The molecule has 0 radical (unpaired) electrons. The first kappa shape index (κ1) is 20.6. The minimum atomic E-state index is -0.300. The number of fused-ring (bicyclic) bond motifs is 1. The van der Waals surface area contributed by atoms with E-state index in [-0.39, 0.29) is 11.8 Å². The van der Waals surface area contributed by atoms with Crippen LogP contribution in [0, 0.1) is 12.7 Å². The lowest BCUT2D eigenvalue weighted by Crippen LogP contribution is -2.40. The van der Waals surface area contributed by atoms with Gasteiger partial charge < -0.3 is 9.88 Å². The number of nitrogens with one attached hydrogen (secondary N) is 1. The smallest absolute Gasteiger partial charge is 0.322 e. The Hall–Kier alpha value is -3.68. The van der Waals surface area contributed by atoms with Crippen LogP contribution in [0.1, 0.15) is 17.7 Å². The number of aromatic nitrogens is 4. The Kier molecular flexibility index (Phi) is 5.97. The highest BCUT2D eigenvalue weighted by Gasteiger charge is 2.17. The molecule has 8 heteroatoms. The van der Waals surface area contributed by atoms with E-state index < -0.39 is 0 Å². The molecule has 4 aromatic rings. The van der Waals surface area contributed by atoms with Gasteiger partial charge in [0.2, 0.25) is 0 Å². The highest BCUT2D eigenvalue weighted by Crippen LogP contribution is 2.23. The van der Waals surface area contributed by atoms with Crippen molar-refractivity contribution in [3.8, 4) is 0 Å². The fourth-order valence-corrected chi connectivity index (χ4v) is 3.51. The van der Waals surface area contributed by atoms with E-state index in [2.05, 4.69) is 20.0 Å². The van der Waals surface area contributed by atoms with Gasteiger partial charge in [-0.05, 0) is 49.2 Å². The molecule has 1 N–H and O–H groups in total. The SMILES string of the molecule is Cc1cncn1CCCNC(=O)N(Cc1ccc(F)cc1)c1ccc2cnn(C)c2c1. The maximum Gasteiger partial charge on any atom is 0.322 e. The predicted molar refractivity (Wildman–Crippen MR) is 118 cm³/mol. The lowest BCUT2D eigenvalue weighted by Gasteiger charge is -2.24. The Bertz CT molecular complexity index is 1180. The number of hydrogen-bond donors (Lipinski definition) is 1. The number of urea groups is 1. The number of anilines is 1.